The van der Waals surface area contributed by atoms with E-state index in [0.29, 0.717) is 5.82 Å². The van der Waals surface area contributed by atoms with E-state index in [0.717, 1.165) is 6.42 Å². The van der Waals surface area contributed by atoms with Gasteiger partial charge in [0.15, 0.2) is 0 Å². The quantitative estimate of drug-likeness (QED) is 0.885. The number of aromatic amines is 1. The molecule has 2 aromatic rings. The van der Waals surface area contributed by atoms with E-state index >= 15 is 0 Å². The smallest absolute Gasteiger partial charge is 0.262 e. The number of nitrogens with zero attached hydrogens (tertiary/aromatic N) is 1. The Kier molecular flexibility index (Phi) is 2.67. The van der Waals surface area contributed by atoms with Gasteiger partial charge in [-0.05, 0) is 17.9 Å². The van der Waals surface area contributed by atoms with E-state index in [-0.39, 0.29) is 22.5 Å². The molecular weight excluding hydrogens is 259 g/mol. The Morgan fingerprint density at radius 3 is 2.60 bits per heavy atom. The van der Waals surface area contributed by atoms with Gasteiger partial charge in [0.1, 0.15) is 17.2 Å². The number of benzene rings is 1. The van der Waals surface area contributed by atoms with E-state index in [1.165, 1.54) is 18.2 Å². The second-order valence-electron chi connectivity index (χ2n) is 5.87. The molecule has 0 spiro atoms. The van der Waals surface area contributed by atoms with E-state index in [9.17, 15) is 14.3 Å². The Hall–Kier alpha value is -2.17. The van der Waals surface area contributed by atoms with Crippen LogP contribution in [-0.4, -0.2) is 15.1 Å². The van der Waals surface area contributed by atoms with Gasteiger partial charge in [0.25, 0.3) is 5.56 Å². The molecule has 3 rings (SSSR count). The predicted octanol–water partition coefficient (Wildman–Crippen LogP) is 2.80. The fourth-order valence-electron chi connectivity index (χ4n) is 2.48. The molecule has 2 N–H and O–H groups in total. The lowest BCUT2D eigenvalue weighted by atomic mass is 10.1. The normalized spacial score (nSPS) is 19.9. The highest BCUT2D eigenvalue weighted by molar-refractivity contribution is 5.67. The maximum Gasteiger partial charge on any atom is 0.262 e. The first kappa shape index (κ1) is 12.8. The summed E-state index contributed by atoms with van der Waals surface area (Å²) in [5.41, 5.74) is -0.493. The molecule has 1 fully saturated rings. The van der Waals surface area contributed by atoms with Crippen LogP contribution in [-0.2, 0) is 0 Å². The third-order valence-corrected chi connectivity index (χ3v) is 3.91. The van der Waals surface area contributed by atoms with Crippen molar-refractivity contribution in [1.29, 1.82) is 0 Å². The summed E-state index contributed by atoms with van der Waals surface area (Å²) in [7, 11) is 0. The Morgan fingerprint density at radius 1 is 1.40 bits per heavy atom. The lowest BCUT2D eigenvalue weighted by molar-refractivity contribution is 0.447. The van der Waals surface area contributed by atoms with Crippen LogP contribution in [0.15, 0.2) is 29.1 Å². The molecule has 104 valence electrons. The molecule has 1 aromatic heterocycles. The minimum atomic E-state index is -0.561. The molecule has 0 saturated heterocycles. The summed E-state index contributed by atoms with van der Waals surface area (Å²) in [5.74, 6) is -0.375. The zero-order chi connectivity index (χ0) is 14.5. The number of aromatic hydroxyl groups is 1. The van der Waals surface area contributed by atoms with Gasteiger partial charge in [0.05, 0.1) is 0 Å². The van der Waals surface area contributed by atoms with Crippen LogP contribution >= 0.6 is 0 Å². The molecule has 0 radical (unpaired) electrons. The van der Waals surface area contributed by atoms with E-state index in [1.54, 1.807) is 6.07 Å². The van der Waals surface area contributed by atoms with Gasteiger partial charge < -0.3 is 10.1 Å². The van der Waals surface area contributed by atoms with Crippen molar-refractivity contribution >= 4 is 0 Å². The van der Waals surface area contributed by atoms with Gasteiger partial charge in [-0.15, -0.1) is 0 Å². The second-order valence-corrected chi connectivity index (χ2v) is 5.87. The van der Waals surface area contributed by atoms with Gasteiger partial charge in [0.2, 0.25) is 5.88 Å². The Balaban J connectivity index is 2.11. The zero-order valence-electron chi connectivity index (χ0n) is 11.3. The van der Waals surface area contributed by atoms with E-state index in [2.05, 4.69) is 23.8 Å². The number of hydrogen-bond acceptors (Lipinski definition) is 3. The summed E-state index contributed by atoms with van der Waals surface area (Å²) >= 11 is 0. The molecule has 1 aliphatic carbocycles. The van der Waals surface area contributed by atoms with Crippen molar-refractivity contribution < 1.29 is 9.50 Å². The standard InChI is InChI=1S/C15H15FN2O2/c1-15(2)7-9(15)12-17-13(19)11(14(20)18-12)8-5-3-4-6-10(8)16/h3-6,9H,7H2,1-2H3,(H2,17,18,19,20). The highest BCUT2D eigenvalue weighted by Gasteiger charge is 2.48. The lowest BCUT2D eigenvalue weighted by Gasteiger charge is -2.08. The Labute approximate surface area is 115 Å². The zero-order valence-corrected chi connectivity index (χ0v) is 11.3. The molecule has 1 saturated carbocycles. The highest BCUT2D eigenvalue weighted by atomic mass is 19.1. The van der Waals surface area contributed by atoms with Gasteiger partial charge in [-0.25, -0.2) is 4.39 Å². The second kappa shape index (κ2) is 4.16. The number of aromatic nitrogens is 2. The topological polar surface area (TPSA) is 66.0 Å². The minimum absolute atomic E-state index is 0.0559. The van der Waals surface area contributed by atoms with Crippen LogP contribution in [0.3, 0.4) is 0 Å². The predicted molar refractivity (Wildman–Crippen MR) is 73.1 cm³/mol. The van der Waals surface area contributed by atoms with E-state index in [4.69, 9.17) is 0 Å². The fourth-order valence-corrected chi connectivity index (χ4v) is 2.48. The number of H-pyrrole nitrogens is 1. The van der Waals surface area contributed by atoms with E-state index < -0.39 is 17.3 Å². The van der Waals surface area contributed by atoms with E-state index in [1.807, 2.05) is 0 Å². The number of rotatable bonds is 2. The molecular formula is C15H15FN2O2. The van der Waals surface area contributed by atoms with Crippen molar-refractivity contribution in [1.82, 2.24) is 9.97 Å². The molecule has 1 unspecified atom stereocenters. The molecule has 0 amide bonds. The van der Waals surface area contributed by atoms with Gasteiger partial charge in [-0.3, -0.25) is 4.79 Å². The first-order chi connectivity index (χ1) is 9.40. The lowest BCUT2D eigenvalue weighted by Crippen LogP contribution is -2.15. The van der Waals surface area contributed by atoms with Crippen LogP contribution in [0, 0.1) is 11.2 Å². The summed E-state index contributed by atoms with van der Waals surface area (Å²) < 4.78 is 13.7. The van der Waals surface area contributed by atoms with Gasteiger partial charge in [-0.2, -0.15) is 4.98 Å². The average molecular weight is 274 g/mol. The van der Waals surface area contributed by atoms with Crippen molar-refractivity contribution in [3.05, 3.63) is 46.3 Å². The summed E-state index contributed by atoms with van der Waals surface area (Å²) in [6.07, 6.45) is 0.911. The molecule has 20 heavy (non-hydrogen) atoms. The molecule has 5 heteroatoms. The number of halogens is 1. The molecule has 0 bridgehead atoms. The average Bonchev–Trinajstić information content (AvgIpc) is 3.00. The summed E-state index contributed by atoms with van der Waals surface area (Å²) in [6, 6.07) is 5.82. The molecule has 1 aromatic carbocycles. The number of hydrogen-bond donors (Lipinski definition) is 2. The maximum atomic E-state index is 13.7. The van der Waals surface area contributed by atoms with Crippen molar-refractivity contribution in [2.75, 3.05) is 0 Å². The van der Waals surface area contributed by atoms with Crippen LogP contribution in [0.5, 0.6) is 5.88 Å². The van der Waals surface area contributed by atoms with Crippen molar-refractivity contribution in [3.8, 4) is 17.0 Å². The Morgan fingerprint density at radius 2 is 2.05 bits per heavy atom. The molecule has 1 heterocycles. The highest BCUT2D eigenvalue weighted by Crippen LogP contribution is 2.57. The first-order valence-corrected chi connectivity index (χ1v) is 6.48. The van der Waals surface area contributed by atoms with Crippen molar-refractivity contribution in [2.45, 2.75) is 26.2 Å². The van der Waals surface area contributed by atoms with Gasteiger partial charge >= 0.3 is 0 Å². The van der Waals surface area contributed by atoms with Crippen LogP contribution in [0.4, 0.5) is 4.39 Å². The summed E-state index contributed by atoms with van der Waals surface area (Å²) in [4.78, 5) is 18.8. The van der Waals surface area contributed by atoms with Crippen molar-refractivity contribution in [3.63, 3.8) is 0 Å². The molecule has 1 aliphatic rings. The first-order valence-electron chi connectivity index (χ1n) is 6.48. The molecule has 0 aliphatic heterocycles. The van der Waals surface area contributed by atoms with Crippen molar-refractivity contribution in [2.24, 2.45) is 5.41 Å². The SMILES string of the molecule is CC1(C)CC1c1nc(O)c(-c2ccccc2F)c(=O)[nH]1. The summed E-state index contributed by atoms with van der Waals surface area (Å²) in [6.45, 7) is 4.14. The minimum Gasteiger partial charge on any atom is -0.493 e. The number of nitrogens with one attached hydrogen (secondary N) is 1. The van der Waals surface area contributed by atoms with Crippen LogP contribution in [0.1, 0.15) is 32.0 Å². The van der Waals surface area contributed by atoms with Crippen LogP contribution in [0.25, 0.3) is 11.1 Å². The molecule has 4 nitrogen and oxygen atoms in total. The maximum absolute atomic E-state index is 13.7. The van der Waals surface area contributed by atoms with Gasteiger partial charge in [-0.1, -0.05) is 32.0 Å². The molecule has 1 atom stereocenters. The van der Waals surface area contributed by atoms with Crippen LogP contribution < -0.4 is 5.56 Å². The fraction of sp³-hybridized carbons (Fsp3) is 0.333. The Bertz CT molecular complexity index is 737. The third-order valence-electron chi connectivity index (χ3n) is 3.91. The van der Waals surface area contributed by atoms with Crippen LogP contribution in [0.2, 0.25) is 0 Å². The van der Waals surface area contributed by atoms with Gasteiger partial charge in [0, 0.05) is 11.5 Å². The third kappa shape index (κ3) is 1.99. The summed E-state index contributed by atoms with van der Waals surface area (Å²) in [5, 5.41) is 10.00. The largest absolute Gasteiger partial charge is 0.493 e. The monoisotopic (exact) mass is 274 g/mol.